The van der Waals surface area contributed by atoms with Crippen molar-refractivity contribution in [2.24, 2.45) is 0 Å². The number of hydrogen-bond acceptors (Lipinski definition) is 5. The van der Waals surface area contributed by atoms with E-state index < -0.39 is 17.8 Å². The first-order valence-corrected chi connectivity index (χ1v) is 8.09. The molecule has 136 valence electrons. The van der Waals surface area contributed by atoms with E-state index in [0.717, 1.165) is 0 Å². The number of fused-ring (bicyclic) bond motifs is 1. The Labute approximate surface area is 149 Å². The number of hydrogen-bond donors (Lipinski definition) is 1. The number of rotatable bonds is 5. The summed E-state index contributed by atoms with van der Waals surface area (Å²) in [5.41, 5.74) is 0.967. The van der Waals surface area contributed by atoms with E-state index >= 15 is 0 Å². The molecule has 2 aromatic carbocycles. The molecule has 1 aliphatic heterocycles. The fourth-order valence-corrected chi connectivity index (χ4v) is 2.62. The fraction of sp³-hybridized carbons (Fsp3) is 0.263. The zero-order valence-corrected chi connectivity index (χ0v) is 14.2. The lowest BCUT2D eigenvalue weighted by atomic mass is 10.0. The SMILES string of the molecule is COC(=O)CC(NC(=O)c1ccc2c(c1)OCCO2)c1ccc(F)cc1. The molecular weight excluding hydrogens is 341 g/mol. The number of carbonyl (C=O) groups is 2. The molecular formula is C19H18FNO5. The molecule has 0 spiro atoms. The molecule has 1 N–H and O–H groups in total. The van der Waals surface area contributed by atoms with Crippen LogP contribution in [0.25, 0.3) is 0 Å². The molecule has 1 amide bonds. The molecule has 0 radical (unpaired) electrons. The first kappa shape index (κ1) is 17.7. The summed E-state index contributed by atoms with van der Waals surface area (Å²) in [7, 11) is 1.27. The fourth-order valence-electron chi connectivity index (χ4n) is 2.62. The third-order valence-corrected chi connectivity index (χ3v) is 3.98. The van der Waals surface area contributed by atoms with E-state index in [1.54, 1.807) is 18.2 Å². The molecule has 0 saturated carbocycles. The topological polar surface area (TPSA) is 73.9 Å². The maximum atomic E-state index is 13.2. The predicted octanol–water partition coefficient (Wildman–Crippen LogP) is 2.63. The molecule has 2 aromatic rings. The number of benzene rings is 2. The van der Waals surface area contributed by atoms with E-state index in [1.165, 1.54) is 31.4 Å². The van der Waals surface area contributed by atoms with Gasteiger partial charge in [-0.2, -0.15) is 0 Å². The Morgan fingerprint density at radius 3 is 2.50 bits per heavy atom. The lowest BCUT2D eigenvalue weighted by molar-refractivity contribution is -0.141. The van der Waals surface area contributed by atoms with E-state index in [4.69, 9.17) is 9.47 Å². The van der Waals surface area contributed by atoms with Crippen LogP contribution in [0.1, 0.15) is 28.4 Å². The lowest BCUT2D eigenvalue weighted by Gasteiger charge is -2.20. The molecule has 7 heteroatoms. The minimum Gasteiger partial charge on any atom is -0.486 e. The summed E-state index contributed by atoms with van der Waals surface area (Å²) in [6, 6.07) is 9.80. The predicted molar refractivity (Wildman–Crippen MR) is 90.7 cm³/mol. The van der Waals surface area contributed by atoms with Gasteiger partial charge in [0, 0.05) is 5.56 Å². The van der Waals surface area contributed by atoms with Crippen LogP contribution in [-0.2, 0) is 9.53 Å². The summed E-state index contributed by atoms with van der Waals surface area (Å²) in [4.78, 5) is 24.3. The van der Waals surface area contributed by atoms with Crippen LogP contribution >= 0.6 is 0 Å². The van der Waals surface area contributed by atoms with Crippen LogP contribution < -0.4 is 14.8 Å². The van der Waals surface area contributed by atoms with E-state index in [2.05, 4.69) is 10.1 Å². The van der Waals surface area contributed by atoms with Gasteiger partial charge in [-0.3, -0.25) is 9.59 Å². The summed E-state index contributed by atoms with van der Waals surface area (Å²) in [6.07, 6.45) is -0.0710. The highest BCUT2D eigenvalue weighted by Crippen LogP contribution is 2.31. The minimum atomic E-state index is -0.649. The molecule has 1 heterocycles. The van der Waals surface area contributed by atoms with Gasteiger partial charge in [-0.25, -0.2) is 4.39 Å². The number of methoxy groups -OCH3 is 1. The van der Waals surface area contributed by atoms with Crippen molar-refractivity contribution in [1.29, 1.82) is 0 Å². The maximum Gasteiger partial charge on any atom is 0.307 e. The summed E-state index contributed by atoms with van der Waals surface area (Å²) < 4.78 is 28.8. The average molecular weight is 359 g/mol. The molecule has 6 nitrogen and oxygen atoms in total. The lowest BCUT2D eigenvalue weighted by Crippen LogP contribution is -2.30. The Morgan fingerprint density at radius 2 is 1.81 bits per heavy atom. The number of esters is 1. The number of carbonyl (C=O) groups excluding carboxylic acids is 2. The minimum absolute atomic E-state index is 0.0710. The van der Waals surface area contributed by atoms with Crippen LogP contribution in [0.15, 0.2) is 42.5 Å². The molecule has 0 aromatic heterocycles. The Bertz CT molecular complexity index is 806. The Hall–Kier alpha value is -3.09. The summed E-state index contributed by atoms with van der Waals surface area (Å²) in [5, 5.41) is 2.78. The zero-order chi connectivity index (χ0) is 18.5. The van der Waals surface area contributed by atoms with Gasteiger partial charge in [0.2, 0.25) is 0 Å². The van der Waals surface area contributed by atoms with Crippen LogP contribution in [0, 0.1) is 5.82 Å². The standard InChI is InChI=1S/C19H18FNO5/c1-24-18(22)11-15(12-2-5-14(20)6-3-12)21-19(23)13-4-7-16-17(10-13)26-9-8-25-16/h2-7,10,15H,8-9,11H2,1H3,(H,21,23). The first-order valence-electron chi connectivity index (χ1n) is 8.09. The first-order chi connectivity index (χ1) is 12.6. The molecule has 1 aliphatic rings. The van der Waals surface area contributed by atoms with Crippen molar-refractivity contribution in [3.05, 3.63) is 59.4 Å². The molecule has 1 unspecified atom stereocenters. The van der Waals surface area contributed by atoms with Gasteiger partial charge in [0.1, 0.15) is 19.0 Å². The number of amides is 1. The van der Waals surface area contributed by atoms with Crippen LogP contribution in [0.5, 0.6) is 11.5 Å². The van der Waals surface area contributed by atoms with Crippen molar-refractivity contribution in [1.82, 2.24) is 5.32 Å². The zero-order valence-electron chi connectivity index (χ0n) is 14.2. The van der Waals surface area contributed by atoms with Crippen LogP contribution in [0.2, 0.25) is 0 Å². The molecule has 1 atom stereocenters. The van der Waals surface area contributed by atoms with Gasteiger partial charge in [0.25, 0.3) is 5.91 Å². The highest BCUT2D eigenvalue weighted by atomic mass is 19.1. The number of ether oxygens (including phenoxy) is 3. The van der Waals surface area contributed by atoms with Gasteiger partial charge in [-0.1, -0.05) is 12.1 Å². The summed E-state index contributed by atoms with van der Waals surface area (Å²) in [5.74, 6) is -0.196. The monoisotopic (exact) mass is 359 g/mol. The van der Waals surface area contributed by atoms with Gasteiger partial charge in [0.05, 0.1) is 19.6 Å². The highest BCUT2D eigenvalue weighted by molar-refractivity contribution is 5.95. The normalized spacial score (nSPS) is 13.6. The quantitative estimate of drug-likeness (QED) is 0.831. The van der Waals surface area contributed by atoms with Gasteiger partial charge >= 0.3 is 5.97 Å². The summed E-state index contributed by atoms with van der Waals surface area (Å²) in [6.45, 7) is 0.878. The largest absolute Gasteiger partial charge is 0.486 e. The van der Waals surface area contributed by atoms with E-state index in [1.807, 2.05) is 0 Å². The van der Waals surface area contributed by atoms with Crippen molar-refractivity contribution >= 4 is 11.9 Å². The number of nitrogens with one attached hydrogen (secondary N) is 1. The molecule has 0 aliphatic carbocycles. The van der Waals surface area contributed by atoms with Gasteiger partial charge in [-0.15, -0.1) is 0 Å². The third kappa shape index (κ3) is 4.11. The van der Waals surface area contributed by atoms with Crippen molar-refractivity contribution in [2.45, 2.75) is 12.5 Å². The molecule has 26 heavy (non-hydrogen) atoms. The Kier molecular flexibility index (Phi) is 5.36. The second-order valence-electron chi connectivity index (χ2n) is 5.72. The smallest absolute Gasteiger partial charge is 0.307 e. The maximum absolute atomic E-state index is 13.2. The van der Waals surface area contributed by atoms with Gasteiger partial charge in [-0.05, 0) is 35.9 Å². The molecule has 3 rings (SSSR count). The van der Waals surface area contributed by atoms with Crippen molar-refractivity contribution in [2.75, 3.05) is 20.3 Å². The third-order valence-electron chi connectivity index (χ3n) is 3.98. The Morgan fingerprint density at radius 1 is 1.12 bits per heavy atom. The van der Waals surface area contributed by atoms with Crippen molar-refractivity contribution in [3.8, 4) is 11.5 Å². The second kappa shape index (κ2) is 7.86. The average Bonchev–Trinajstić information content (AvgIpc) is 2.67. The Balaban J connectivity index is 1.80. The van der Waals surface area contributed by atoms with Crippen molar-refractivity contribution < 1.29 is 28.2 Å². The van der Waals surface area contributed by atoms with Crippen LogP contribution in [0.4, 0.5) is 4.39 Å². The molecule has 0 fully saturated rings. The van der Waals surface area contributed by atoms with Crippen molar-refractivity contribution in [3.63, 3.8) is 0 Å². The van der Waals surface area contributed by atoms with E-state index in [9.17, 15) is 14.0 Å². The van der Waals surface area contributed by atoms with E-state index in [0.29, 0.717) is 35.8 Å². The van der Waals surface area contributed by atoms with E-state index in [-0.39, 0.29) is 12.3 Å². The second-order valence-corrected chi connectivity index (χ2v) is 5.72. The van der Waals surface area contributed by atoms with Crippen LogP contribution in [0.3, 0.4) is 0 Å². The number of halogens is 1. The molecule has 0 saturated heterocycles. The summed E-state index contributed by atoms with van der Waals surface area (Å²) >= 11 is 0. The van der Waals surface area contributed by atoms with Gasteiger partial charge < -0.3 is 19.5 Å². The van der Waals surface area contributed by atoms with Gasteiger partial charge in [0.15, 0.2) is 11.5 Å². The highest BCUT2D eigenvalue weighted by Gasteiger charge is 2.21. The van der Waals surface area contributed by atoms with Crippen LogP contribution in [-0.4, -0.2) is 32.2 Å². The molecule has 0 bridgehead atoms.